The van der Waals surface area contributed by atoms with Gasteiger partial charge in [-0.2, -0.15) is 0 Å². The minimum absolute atomic E-state index is 0.621. The molecule has 2 rings (SSSR count). The van der Waals surface area contributed by atoms with Crippen molar-refractivity contribution in [1.82, 2.24) is 10.7 Å². The van der Waals surface area contributed by atoms with E-state index in [1.54, 1.807) is 0 Å². The molecule has 4 nitrogen and oxygen atoms in total. The number of hydrogen-bond donors (Lipinski definition) is 3. The van der Waals surface area contributed by atoms with E-state index in [-0.39, 0.29) is 0 Å². The predicted octanol–water partition coefficient (Wildman–Crippen LogP) is 0.358. The first-order chi connectivity index (χ1) is 6.38. The van der Waals surface area contributed by atoms with Gasteiger partial charge in [0.05, 0.1) is 0 Å². The Morgan fingerprint density at radius 3 is 2.62 bits per heavy atom. The van der Waals surface area contributed by atoms with Gasteiger partial charge < -0.3 is 5.32 Å². The van der Waals surface area contributed by atoms with Gasteiger partial charge in [0.1, 0.15) is 0 Å². The first kappa shape index (κ1) is 8.81. The Labute approximate surface area is 79.0 Å². The van der Waals surface area contributed by atoms with Crippen LogP contribution in [0.3, 0.4) is 0 Å². The summed E-state index contributed by atoms with van der Waals surface area (Å²) in [5, 5.41) is 3.25. The van der Waals surface area contributed by atoms with Crippen LogP contribution in [0.5, 0.6) is 0 Å². The molecule has 0 aromatic heterocycles. The van der Waals surface area contributed by atoms with Crippen molar-refractivity contribution in [2.75, 3.05) is 6.54 Å². The van der Waals surface area contributed by atoms with Crippen molar-refractivity contribution in [2.24, 2.45) is 16.8 Å². The number of hydrazine groups is 1. The highest BCUT2D eigenvalue weighted by molar-refractivity contribution is 5.79. The smallest absolute Gasteiger partial charge is 0.205 e. The maximum atomic E-state index is 5.34. The fraction of sp³-hybridized carbons (Fsp3) is 0.889. The van der Waals surface area contributed by atoms with Crippen LogP contribution in [0, 0.1) is 5.92 Å². The zero-order valence-electron chi connectivity index (χ0n) is 7.92. The summed E-state index contributed by atoms with van der Waals surface area (Å²) >= 11 is 0. The van der Waals surface area contributed by atoms with Crippen molar-refractivity contribution in [2.45, 2.75) is 38.1 Å². The molecular formula is C9H18N4. The molecule has 0 aliphatic heterocycles. The van der Waals surface area contributed by atoms with Gasteiger partial charge in [-0.15, -0.1) is 0 Å². The van der Waals surface area contributed by atoms with E-state index in [1.807, 2.05) is 0 Å². The number of nitrogens with zero attached hydrogens (tertiary/aromatic N) is 1. The predicted molar refractivity (Wildman–Crippen MR) is 53.1 cm³/mol. The van der Waals surface area contributed by atoms with Crippen molar-refractivity contribution in [1.29, 1.82) is 0 Å². The lowest BCUT2D eigenvalue weighted by Crippen LogP contribution is -2.42. The average Bonchev–Trinajstić information content (AvgIpc) is 2.97. The largest absolute Gasteiger partial charge is 0.353 e. The Bertz CT molecular complexity index is 194. The van der Waals surface area contributed by atoms with Gasteiger partial charge in [-0.05, 0) is 25.2 Å². The second kappa shape index (κ2) is 3.96. The van der Waals surface area contributed by atoms with Crippen LogP contribution in [0.4, 0.5) is 0 Å². The van der Waals surface area contributed by atoms with E-state index >= 15 is 0 Å². The fourth-order valence-electron chi connectivity index (χ4n) is 1.32. The molecule has 4 heteroatoms. The Balaban J connectivity index is 1.65. The molecule has 4 N–H and O–H groups in total. The van der Waals surface area contributed by atoms with Gasteiger partial charge in [0, 0.05) is 12.6 Å². The molecule has 0 amide bonds. The molecule has 0 spiro atoms. The zero-order valence-corrected chi connectivity index (χ0v) is 7.92. The van der Waals surface area contributed by atoms with Gasteiger partial charge in [-0.1, -0.05) is 12.8 Å². The molecule has 2 saturated carbocycles. The third-order valence-electron chi connectivity index (χ3n) is 2.56. The van der Waals surface area contributed by atoms with Crippen LogP contribution in [-0.2, 0) is 0 Å². The number of hydrogen-bond acceptors (Lipinski definition) is 2. The minimum atomic E-state index is 0.621. The molecule has 0 atom stereocenters. The first-order valence-corrected chi connectivity index (χ1v) is 5.16. The summed E-state index contributed by atoms with van der Waals surface area (Å²) in [5.74, 6) is 7.05. The standard InChI is InChI=1S/C9H18N4/c10-13-9(12-8-3-4-8)11-6-5-7-1-2-7/h7-8H,1-6,10H2,(H2,11,12,13). The molecule has 2 aliphatic carbocycles. The number of nitrogens with one attached hydrogen (secondary N) is 2. The highest BCUT2D eigenvalue weighted by Crippen LogP contribution is 2.32. The van der Waals surface area contributed by atoms with E-state index in [0.717, 1.165) is 18.4 Å². The molecule has 2 aliphatic rings. The second-order valence-corrected chi connectivity index (χ2v) is 4.03. The van der Waals surface area contributed by atoms with Crippen molar-refractivity contribution in [3.05, 3.63) is 0 Å². The summed E-state index contributed by atoms with van der Waals surface area (Å²) in [6.07, 6.45) is 6.53. The van der Waals surface area contributed by atoms with Crippen LogP contribution in [0.2, 0.25) is 0 Å². The minimum Gasteiger partial charge on any atom is -0.353 e. The summed E-state index contributed by atoms with van der Waals surface area (Å²) < 4.78 is 0. The topological polar surface area (TPSA) is 62.4 Å². The highest BCUT2D eigenvalue weighted by Gasteiger charge is 2.22. The maximum absolute atomic E-state index is 5.34. The summed E-state index contributed by atoms with van der Waals surface area (Å²) in [7, 11) is 0. The molecule has 13 heavy (non-hydrogen) atoms. The SMILES string of the molecule is NNC(=NCCC1CC1)NC1CC1. The van der Waals surface area contributed by atoms with E-state index in [4.69, 9.17) is 5.84 Å². The lowest BCUT2D eigenvalue weighted by molar-refractivity contribution is 0.725. The summed E-state index contributed by atoms with van der Waals surface area (Å²) in [5.41, 5.74) is 2.61. The maximum Gasteiger partial charge on any atom is 0.205 e. The molecule has 0 unspecified atom stereocenters. The fourth-order valence-corrected chi connectivity index (χ4v) is 1.32. The third kappa shape index (κ3) is 3.22. The Hall–Kier alpha value is -0.770. The molecule has 0 aromatic carbocycles. The second-order valence-electron chi connectivity index (χ2n) is 4.03. The third-order valence-corrected chi connectivity index (χ3v) is 2.56. The van der Waals surface area contributed by atoms with Crippen molar-refractivity contribution in [3.8, 4) is 0 Å². The van der Waals surface area contributed by atoms with E-state index in [0.29, 0.717) is 6.04 Å². The lowest BCUT2D eigenvalue weighted by Gasteiger charge is -2.06. The monoisotopic (exact) mass is 182 g/mol. The lowest BCUT2D eigenvalue weighted by atomic mass is 10.3. The van der Waals surface area contributed by atoms with Crippen LogP contribution in [-0.4, -0.2) is 18.5 Å². The van der Waals surface area contributed by atoms with Gasteiger partial charge in [-0.25, -0.2) is 5.84 Å². The first-order valence-electron chi connectivity index (χ1n) is 5.16. The van der Waals surface area contributed by atoms with E-state index in [1.165, 1.54) is 32.1 Å². The molecule has 0 aromatic rings. The Morgan fingerprint density at radius 1 is 1.31 bits per heavy atom. The van der Waals surface area contributed by atoms with Crippen LogP contribution in [0.25, 0.3) is 0 Å². The number of aliphatic imine (C=N–C) groups is 1. The van der Waals surface area contributed by atoms with Crippen LogP contribution in [0.15, 0.2) is 4.99 Å². The van der Waals surface area contributed by atoms with Crippen molar-refractivity contribution >= 4 is 5.96 Å². The van der Waals surface area contributed by atoms with E-state index in [2.05, 4.69) is 15.7 Å². The van der Waals surface area contributed by atoms with Gasteiger partial charge in [0.25, 0.3) is 0 Å². The molecule has 0 radical (unpaired) electrons. The number of nitrogens with two attached hydrogens (primary N) is 1. The van der Waals surface area contributed by atoms with E-state index in [9.17, 15) is 0 Å². The molecule has 2 fully saturated rings. The zero-order chi connectivity index (χ0) is 9.10. The quantitative estimate of drug-likeness (QED) is 0.254. The van der Waals surface area contributed by atoms with Crippen LogP contribution >= 0.6 is 0 Å². The van der Waals surface area contributed by atoms with Gasteiger partial charge in [-0.3, -0.25) is 10.4 Å². The van der Waals surface area contributed by atoms with Gasteiger partial charge in [0.2, 0.25) is 5.96 Å². The highest BCUT2D eigenvalue weighted by atomic mass is 15.3. The summed E-state index contributed by atoms with van der Waals surface area (Å²) in [6.45, 7) is 0.907. The number of rotatable bonds is 4. The summed E-state index contributed by atoms with van der Waals surface area (Å²) in [6, 6.07) is 0.621. The normalized spacial score (nSPS) is 23.0. The van der Waals surface area contributed by atoms with Crippen molar-refractivity contribution in [3.63, 3.8) is 0 Å². The average molecular weight is 182 g/mol. The van der Waals surface area contributed by atoms with E-state index < -0.39 is 0 Å². The van der Waals surface area contributed by atoms with Crippen LogP contribution < -0.4 is 16.6 Å². The van der Waals surface area contributed by atoms with Gasteiger partial charge >= 0.3 is 0 Å². The summed E-state index contributed by atoms with van der Waals surface area (Å²) in [4.78, 5) is 4.37. The molecule has 0 saturated heterocycles. The molecular weight excluding hydrogens is 164 g/mol. The molecule has 0 heterocycles. The molecule has 0 bridgehead atoms. The van der Waals surface area contributed by atoms with Gasteiger partial charge in [0.15, 0.2) is 0 Å². The van der Waals surface area contributed by atoms with Crippen LogP contribution in [0.1, 0.15) is 32.1 Å². The Morgan fingerprint density at radius 2 is 2.08 bits per heavy atom. The Kier molecular flexibility index (Phi) is 2.68. The number of guanidine groups is 1. The molecule has 74 valence electrons. The van der Waals surface area contributed by atoms with Crippen molar-refractivity contribution < 1.29 is 0 Å².